The first kappa shape index (κ1) is 28.3. The minimum atomic E-state index is -0.155. The summed E-state index contributed by atoms with van der Waals surface area (Å²) < 4.78 is 22.9. The van der Waals surface area contributed by atoms with Crippen molar-refractivity contribution in [2.24, 2.45) is 0 Å². The second-order valence-electron chi connectivity index (χ2n) is 9.37. The number of aryl methyl sites for hydroxylation is 4. The number of phenolic OH excluding ortho intramolecular Hbond substituents is 4. The van der Waals surface area contributed by atoms with Gasteiger partial charge in [0.2, 0.25) is 0 Å². The fourth-order valence-corrected chi connectivity index (χ4v) is 4.75. The van der Waals surface area contributed by atoms with Gasteiger partial charge in [-0.3, -0.25) is 0 Å². The lowest BCUT2D eigenvalue weighted by Gasteiger charge is -2.19. The molecule has 0 radical (unpaired) electrons. The molecule has 0 amide bonds. The van der Waals surface area contributed by atoms with Crippen molar-refractivity contribution in [2.45, 2.75) is 25.7 Å². The average molecular weight is 547 g/mol. The summed E-state index contributed by atoms with van der Waals surface area (Å²) in [5.74, 6) is 1.94. The van der Waals surface area contributed by atoms with Crippen molar-refractivity contribution in [3.8, 4) is 57.1 Å². The molecule has 0 bridgehead atoms. The van der Waals surface area contributed by atoms with Crippen LogP contribution in [0.4, 0.5) is 0 Å². The Morgan fingerprint density at radius 2 is 0.800 bits per heavy atom. The molecule has 4 rings (SSSR count). The molecule has 0 fully saturated rings. The molecule has 0 aromatic heterocycles. The summed E-state index contributed by atoms with van der Waals surface area (Å²) in [6.07, 6.45) is 2.45. The third-order valence-electron chi connectivity index (χ3n) is 6.94. The molecule has 0 spiro atoms. The first-order valence-electron chi connectivity index (χ1n) is 12.8. The first-order valence-corrected chi connectivity index (χ1v) is 12.8. The fraction of sp³-hybridized carbons (Fsp3) is 0.250. The minimum absolute atomic E-state index is 0.155. The molecule has 0 aliphatic rings. The topological polar surface area (TPSA) is 118 Å². The van der Waals surface area contributed by atoms with Crippen molar-refractivity contribution >= 4 is 0 Å². The maximum Gasteiger partial charge on any atom is 0.157 e. The van der Waals surface area contributed by atoms with Crippen molar-refractivity contribution in [2.75, 3.05) is 28.4 Å². The van der Waals surface area contributed by atoms with Crippen molar-refractivity contribution in [1.82, 2.24) is 0 Å². The Hall–Kier alpha value is -4.72. The van der Waals surface area contributed by atoms with Gasteiger partial charge in [-0.2, -0.15) is 0 Å². The quantitative estimate of drug-likeness (QED) is 0.175. The summed E-state index contributed by atoms with van der Waals surface area (Å²) in [4.78, 5) is 0. The predicted octanol–water partition coefficient (Wildman–Crippen LogP) is 5.78. The van der Waals surface area contributed by atoms with Gasteiger partial charge in [-0.05, 0) is 84.3 Å². The van der Waals surface area contributed by atoms with E-state index in [1.165, 1.54) is 12.1 Å². The minimum Gasteiger partial charge on any atom is -0.504 e. The van der Waals surface area contributed by atoms with Gasteiger partial charge in [0.25, 0.3) is 0 Å². The third-order valence-corrected chi connectivity index (χ3v) is 6.94. The molecular formula is C32H34O8. The Kier molecular flexibility index (Phi) is 8.79. The zero-order valence-corrected chi connectivity index (χ0v) is 23.0. The number of phenols is 4. The zero-order valence-electron chi connectivity index (χ0n) is 23.0. The zero-order chi connectivity index (χ0) is 28.8. The molecule has 40 heavy (non-hydrogen) atoms. The molecule has 0 saturated carbocycles. The fourth-order valence-electron chi connectivity index (χ4n) is 4.75. The van der Waals surface area contributed by atoms with Gasteiger partial charge in [-0.25, -0.2) is 0 Å². The summed E-state index contributed by atoms with van der Waals surface area (Å²) in [7, 11) is 6.42. The van der Waals surface area contributed by atoms with Crippen LogP contribution >= 0.6 is 0 Å². The Balaban J connectivity index is 1.73. The van der Waals surface area contributed by atoms with Crippen LogP contribution in [0.5, 0.6) is 46.0 Å². The highest BCUT2D eigenvalue weighted by Gasteiger charge is 2.19. The number of ether oxygens (including phenoxy) is 4. The van der Waals surface area contributed by atoms with E-state index in [4.69, 9.17) is 18.9 Å². The molecule has 0 unspecified atom stereocenters. The van der Waals surface area contributed by atoms with Crippen molar-refractivity contribution in [3.05, 3.63) is 82.9 Å². The van der Waals surface area contributed by atoms with E-state index in [-0.39, 0.29) is 23.0 Å². The lowest BCUT2D eigenvalue weighted by Crippen LogP contribution is -2.01. The molecule has 4 N–H and O–H groups in total. The molecule has 8 heteroatoms. The van der Waals surface area contributed by atoms with Gasteiger partial charge in [-0.1, -0.05) is 12.1 Å². The third kappa shape index (κ3) is 6.12. The molecule has 0 heterocycles. The Morgan fingerprint density at radius 1 is 0.425 bits per heavy atom. The Labute approximate surface area is 233 Å². The van der Waals surface area contributed by atoms with E-state index in [9.17, 15) is 20.4 Å². The molecule has 4 aromatic carbocycles. The van der Waals surface area contributed by atoms with E-state index < -0.39 is 0 Å². The van der Waals surface area contributed by atoms with Crippen LogP contribution < -0.4 is 18.9 Å². The van der Waals surface area contributed by atoms with E-state index in [0.29, 0.717) is 48.7 Å². The van der Waals surface area contributed by atoms with Gasteiger partial charge in [0.1, 0.15) is 23.0 Å². The average Bonchev–Trinajstić information content (AvgIpc) is 2.97. The van der Waals surface area contributed by atoms with Gasteiger partial charge in [-0.15, -0.1) is 0 Å². The number of hydrogen-bond donors (Lipinski definition) is 4. The van der Waals surface area contributed by atoms with Gasteiger partial charge in [0.05, 0.1) is 28.4 Å². The highest BCUT2D eigenvalue weighted by molar-refractivity contribution is 5.79. The largest absolute Gasteiger partial charge is 0.504 e. The van der Waals surface area contributed by atoms with Crippen LogP contribution in [0.3, 0.4) is 0 Å². The van der Waals surface area contributed by atoms with Crippen LogP contribution in [0.1, 0.15) is 22.3 Å². The molecule has 0 aliphatic carbocycles. The predicted molar refractivity (Wildman–Crippen MR) is 152 cm³/mol. The van der Waals surface area contributed by atoms with Crippen LogP contribution in [-0.2, 0) is 25.7 Å². The van der Waals surface area contributed by atoms with Gasteiger partial charge in [0, 0.05) is 23.3 Å². The molecule has 8 nitrogen and oxygen atoms in total. The second-order valence-corrected chi connectivity index (χ2v) is 9.37. The summed E-state index contributed by atoms with van der Waals surface area (Å²) >= 11 is 0. The highest BCUT2D eigenvalue weighted by Crippen LogP contribution is 2.43. The van der Waals surface area contributed by atoms with Gasteiger partial charge in [0.15, 0.2) is 23.0 Å². The first-order chi connectivity index (χ1) is 19.3. The maximum absolute atomic E-state index is 9.89. The van der Waals surface area contributed by atoms with E-state index >= 15 is 0 Å². The van der Waals surface area contributed by atoms with E-state index in [1.807, 2.05) is 24.3 Å². The van der Waals surface area contributed by atoms with E-state index in [1.54, 1.807) is 52.7 Å². The highest BCUT2D eigenvalue weighted by atomic mass is 16.5. The van der Waals surface area contributed by atoms with Crippen molar-refractivity contribution < 1.29 is 39.4 Å². The Morgan fingerprint density at radius 3 is 1.12 bits per heavy atom. The van der Waals surface area contributed by atoms with Crippen LogP contribution in [0, 0.1) is 0 Å². The molecule has 0 saturated heterocycles. The molecule has 4 aromatic rings. The smallest absolute Gasteiger partial charge is 0.157 e. The lowest BCUT2D eigenvalue weighted by molar-refractivity contribution is 0.388. The molecule has 210 valence electrons. The Bertz CT molecular complexity index is 1380. The standard InChI is InChI=1S/C32H34O8/c1-37-29-17-31(39-3)23(15-21(29)9-5-19-7-11-25(33)27(35)13-19)24-16-22(30(38-2)18-32(24)40-4)10-6-20-8-12-26(34)28(36)14-20/h7-8,11-18,33-36H,5-6,9-10H2,1-4H3. The number of hydrogen-bond acceptors (Lipinski definition) is 8. The van der Waals surface area contributed by atoms with Crippen molar-refractivity contribution in [1.29, 1.82) is 0 Å². The normalized spacial score (nSPS) is 10.8. The van der Waals surface area contributed by atoms with Crippen LogP contribution in [0.2, 0.25) is 0 Å². The van der Waals surface area contributed by atoms with Gasteiger partial charge >= 0.3 is 0 Å². The van der Waals surface area contributed by atoms with Crippen LogP contribution in [-0.4, -0.2) is 48.9 Å². The van der Waals surface area contributed by atoms with Crippen molar-refractivity contribution in [3.63, 3.8) is 0 Å². The van der Waals surface area contributed by atoms with E-state index in [2.05, 4.69) is 0 Å². The maximum atomic E-state index is 9.89. The second kappa shape index (κ2) is 12.4. The summed E-state index contributed by atoms with van der Waals surface area (Å²) in [5.41, 5.74) is 5.25. The molecular weight excluding hydrogens is 512 g/mol. The molecule has 0 atom stereocenters. The SMILES string of the molecule is COc1cc(OC)c(-c2cc(CCc3ccc(O)c(O)c3)c(OC)cc2OC)cc1CCc1ccc(O)c(O)c1. The summed E-state index contributed by atoms with van der Waals surface area (Å²) in [5, 5.41) is 39.1. The van der Waals surface area contributed by atoms with Crippen LogP contribution in [0.25, 0.3) is 11.1 Å². The summed E-state index contributed by atoms with van der Waals surface area (Å²) in [6, 6.07) is 17.3. The number of benzene rings is 4. The monoisotopic (exact) mass is 546 g/mol. The van der Waals surface area contributed by atoms with E-state index in [0.717, 1.165) is 33.4 Å². The number of methoxy groups -OCH3 is 4. The van der Waals surface area contributed by atoms with Gasteiger partial charge < -0.3 is 39.4 Å². The molecule has 0 aliphatic heterocycles. The van der Waals surface area contributed by atoms with Crippen LogP contribution in [0.15, 0.2) is 60.7 Å². The number of rotatable bonds is 11. The number of aromatic hydroxyl groups is 4. The summed E-state index contributed by atoms with van der Waals surface area (Å²) in [6.45, 7) is 0. The lowest BCUT2D eigenvalue weighted by atomic mass is 9.94.